The van der Waals surface area contributed by atoms with Crippen molar-refractivity contribution < 1.29 is 86.1 Å². The van der Waals surface area contributed by atoms with Gasteiger partial charge in [0.05, 0.1) is 30.8 Å². The number of cyclic esters (lactones) is 2. The largest absolute Gasteiger partial charge is 0.465 e. The fourth-order valence-corrected chi connectivity index (χ4v) is 19.5. The lowest BCUT2D eigenvalue weighted by atomic mass is 9.46. The van der Waals surface area contributed by atoms with Gasteiger partial charge in [0, 0.05) is 64.0 Å². The number of carbonyl (C=O) groups excluding carboxylic acids is 8. The van der Waals surface area contributed by atoms with Gasteiger partial charge in [-0.15, -0.1) is 0 Å². The van der Waals surface area contributed by atoms with E-state index >= 15 is 0 Å². The summed E-state index contributed by atoms with van der Waals surface area (Å²) in [5.74, 6) is 2.12. The van der Waals surface area contributed by atoms with Gasteiger partial charge in [-0.05, 0) is 232 Å². The number of rotatable bonds is 16. The predicted octanol–water partition coefficient (Wildman–Crippen LogP) is 15.0. The molecule has 0 aromatic carbocycles. The van der Waals surface area contributed by atoms with Gasteiger partial charge in [-0.2, -0.15) is 0 Å². The molecule has 18 heteroatoms. The van der Waals surface area contributed by atoms with Crippen LogP contribution in [-0.4, -0.2) is 118 Å². The molecule has 0 radical (unpaired) electrons. The molecule has 11 saturated carbocycles. The lowest BCUT2D eigenvalue weighted by Crippen LogP contribution is -2.60. The Morgan fingerprint density at radius 2 is 0.980 bits per heavy atom. The minimum Gasteiger partial charge on any atom is -0.465 e. The van der Waals surface area contributed by atoms with E-state index in [1.54, 1.807) is 34.6 Å². The van der Waals surface area contributed by atoms with Crippen LogP contribution in [0.25, 0.3) is 0 Å². The van der Waals surface area contributed by atoms with E-state index in [1.165, 1.54) is 129 Å². The standard InChI is InChI=1S/C18H30O2.C17H26O2.C14H20O3.C12H14O5.C11H18O2.C8H10O4/c1-14(2)17(19)20-18(3,15-10-6-4-7-11-15)16-12-8-5-9-13-16;1-11(2)15(18)19-16(3,4)17-8-12-5-13(9-17)7-14(6-12)10-17;1-9(2)12(15)17-14-6-10-3-11(7-14)5-13(16,4-10)8-14;1-5(2)11(13)17-8-3-7-6-4-15-12(14)9(6)10(8)16-7;1-4-11(7-5-6-8-11)13-10(12)9(2)3;1-5(2)7(9)12-6-3-4-11-8(6)10/h15-16H,1,4-13H2,2-3H3;12-14H,1,5-10H2,2-4H3;10-11,16H,1,3-8H2,2H3;6-10H,1,3-4H2,2H3;2,4-8H2,1,3H3;6H,1,3-4H2,2H3. The summed E-state index contributed by atoms with van der Waals surface area (Å²) >= 11 is 0. The average Bonchev–Trinajstić information content (AvgIpc) is 0.904. The van der Waals surface area contributed by atoms with Crippen LogP contribution in [0, 0.1) is 58.7 Å². The minimum absolute atomic E-state index is 0.0145. The van der Waals surface area contributed by atoms with E-state index in [9.17, 15) is 43.5 Å². The van der Waals surface area contributed by atoms with E-state index in [0.717, 1.165) is 62.7 Å². The first-order chi connectivity index (χ1) is 46.0. The van der Waals surface area contributed by atoms with Gasteiger partial charge in [0.2, 0.25) is 6.10 Å². The van der Waals surface area contributed by atoms with Crippen molar-refractivity contribution in [3.05, 3.63) is 72.9 Å². The summed E-state index contributed by atoms with van der Waals surface area (Å²) < 4.78 is 48.4. The Kier molecular flexibility index (Phi) is 25.7. The number of esters is 8. The molecule has 4 heterocycles. The SMILES string of the molecule is C=C(C)C(=O)OC(C)(C)C12CC3CC(CC(C3)C1)C2.C=C(C)C(=O)OC(C)(C1CCCCC1)C1CCCCC1.C=C(C)C(=O)OC1(CC)CCCC1.C=C(C)C(=O)OC12CC3CC(CC(O)(C3)C1)C2.C=C(C)C(=O)OC1CC2OC1C1C(=O)OCC21.C=C(C)C(=O)OC1CCOC1=O. The summed E-state index contributed by atoms with van der Waals surface area (Å²) in [5, 5.41) is 10.5. The fraction of sp³-hybridized carbons (Fsp3) is 0.750. The minimum atomic E-state index is -0.728. The number of aliphatic hydroxyl groups is 1. The van der Waals surface area contributed by atoms with E-state index in [2.05, 4.69) is 71.9 Å². The quantitative estimate of drug-likeness (QED) is 0.0858. The van der Waals surface area contributed by atoms with Crippen molar-refractivity contribution in [3.8, 4) is 0 Å². The van der Waals surface area contributed by atoms with E-state index in [4.69, 9.17) is 37.9 Å². The molecule has 15 rings (SSSR count). The third-order valence-corrected chi connectivity index (χ3v) is 24.2. The van der Waals surface area contributed by atoms with Crippen molar-refractivity contribution in [1.82, 2.24) is 0 Å². The first-order valence-corrected chi connectivity index (χ1v) is 37.0. The Balaban J connectivity index is 0.000000151. The zero-order valence-electron chi connectivity index (χ0n) is 61.1. The highest BCUT2D eigenvalue weighted by Gasteiger charge is 2.63. The van der Waals surface area contributed by atoms with Gasteiger partial charge in [0.1, 0.15) is 34.6 Å². The summed E-state index contributed by atoms with van der Waals surface area (Å²) in [5.41, 5.74) is 1.12. The normalized spacial score (nSPS) is 33.2. The molecule has 11 aliphatic carbocycles. The van der Waals surface area contributed by atoms with Crippen molar-refractivity contribution in [2.75, 3.05) is 13.2 Å². The Bertz CT molecular complexity index is 2950. The molecular weight excluding hydrogens is 1250 g/mol. The monoisotopic (exact) mass is 1370 g/mol. The maximum Gasteiger partial charge on any atom is 0.347 e. The van der Waals surface area contributed by atoms with Gasteiger partial charge in [-0.25, -0.2) is 33.6 Å². The summed E-state index contributed by atoms with van der Waals surface area (Å²) in [6.07, 6.45) is 31.2. The highest BCUT2D eigenvalue weighted by atomic mass is 16.6. The molecular formula is C80H118O18. The Labute approximate surface area is 583 Å². The summed E-state index contributed by atoms with van der Waals surface area (Å²) in [6, 6.07) is 0. The van der Waals surface area contributed by atoms with Gasteiger partial charge >= 0.3 is 47.8 Å². The molecule has 546 valence electrons. The number of ether oxygens (including phenoxy) is 9. The molecule has 4 aliphatic heterocycles. The average molecular weight is 1370 g/mol. The fourth-order valence-electron chi connectivity index (χ4n) is 19.5. The van der Waals surface area contributed by atoms with Gasteiger partial charge in [-0.1, -0.05) is 84.9 Å². The molecule has 0 amide bonds. The number of hydrogen-bond donors (Lipinski definition) is 1. The van der Waals surface area contributed by atoms with Crippen molar-refractivity contribution >= 4 is 47.8 Å². The third-order valence-electron chi connectivity index (χ3n) is 24.2. The molecule has 1 N–H and O–H groups in total. The Hall–Kier alpha value is -5.88. The van der Waals surface area contributed by atoms with E-state index < -0.39 is 35.2 Å². The van der Waals surface area contributed by atoms with Crippen LogP contribution in [0.15, 0.2) is 72.9 Å². The Morgan fingerprint density at radius 1 is 0.520 bits per heavy atom. The molecule has 98 heavy (non-hydrogen) atoms. The van der Waals surface area contributed by atoms with Crippen LogP contribution in [0.3, 0.4) is 0 Å². The van der Waals surface area contributed by atoms with Crippen molar-refractivity contribution in [1.29, 1.82) is 0 Å². The van der Waals surface area contributed by atoms with Crippen LogP contribution in [0.1, 0.15) is 255 Å². The molecule has 15 aliphatic rings. The maximum absolute atomic E-state index is 12.1. The number of hydrogen-bond acceptors (Lipinski definition) is 18. The van der Waals surface area contributed by atoms with Gasteiger partial charge in [-0.3, -0.25) is 4.79 Å². The highest BCUT2D eigenvalue weighted by Crippen LogP contribution is 2.65. The lowest BCUT2D eigenvalue weighted by Gasteiger charge is -2.61. The molecule has 8 atom stereocenters. The predicted molar refractivity (Wildman–Crippen MR) is 370 cm³/mol. The van der Waals surface area contributed by atoms with Gasteiger partial charge in [0.25, 0.3) is 0 Å². The second kappa shape index (κ2) is 32.4. The second-order valence-corrected chi connectivity index (χ2v) is 32.9. The topological polar surface area (TPSA) is 240 Å². The first-order valence-electron chi connectivity index (χ1n) is 37.0. The van der Waals surface area contributed by atoms with Crippen LogP contribution in [0.5, 0.6) is 0 Å². The molecule has 18 nitrogen and oxygen atoms in total. The molecule has 4 saturated heterocycles. The molecule has 0 aromatic rings. The van der Waals surface area contributed by atoms with Crippen LogP contribution in [0.4, 0.5) is 0 Å². The lowest BCUT2D eigenvalue weighted by molar-refractivity contribution is -0.217. The molecule has 15 fully saturated rings. The van der Waals surface area contributed by atoms with E-state index in [-0.39, 0.29) is 87.8 Å². The molecule has 8 unspecified atom stereocenters. The van der Waals surface area contributed by atoms with Gasteiger partial charge in [0.15, 0.2) is 0 Å². The van der Waals surface area contributed by atoms with Crippen LogP contribution in [0.2, 0.25) is 0 Å². The summed E-state index contributed by atoms with van der Waals surface area (Å²) in [4.78, 5) is 91.8. The van der Waals surface area contributed by atoms with Crippen LogP contribution < -0.4 is 0 Å². The molecule has 0 aromatic heterocycles. The Morgan fingerprint density at radius 3 is 1.43 bits per heavy atom. The van der Waals surface area contributed by atoms with Crippen LogP contribution >= 0.6 is 0 Å². The van der Waals surface area contributed by atoms with Crippen LogP contribution in [-0.2, 0) is 81.0 Å². The van der Waals surface area contributed by atoms with E-state index in [1.807, 2.05) is 0 Å². The van der Waals surface area contributed by atoms with E-state index in [0.29, 0.717) is 84.0 Å². The third kappa shape index (κ3) is 18.8. The smallest absolute Gasteiger partial charge is 0.347 e. The highest BCUT2D eigenvalue weighted by molar-refractivity contribution is 5.90. The number of fused-ring (bicyclic) bond motifs is 5. The molecule has 10 bridgehead atoms. The zero-order valence-corrected chi connectivity index (χ0v) is 61.1. The summed E-state index contributed by atoms with van der Waals surface area (Å²) in [6.45, 7) is 40.9. The first kappa shape index (κ1) is 77.9. The molecule has 0 spiro atoms. The van der Waals surface area contributed by atoms with Gasteiger partial charge < -0.3 is 47.7 Å². The van der Waals surface area contributed by atoms with Crippen molar-refractivity contribution in [3.63, 3.8) is 0 Å². The maximum atomic E-state index is 12.1. The van der Waals surface area contributed by atoms with Crippen molar-refractivity contribution in [2.45, 2.75) is 308 Å². The summed E-state index contributed by atoms with van der Waals surface area (Å²) in [7, 11) is 0. The number of carbonyl (C=O) groups is 8. The van der Waals surface area contributed by atoms with Crippen molar-refractivity contribution in [2.24, 2.45) is 58.7 Å². The zero-order chi connectivity index (χ0) is 71.9. The second-order valence-electron chi connectivity index (χ2n) is 32.9.